The molecule has 686 valence electrons. The predicted octanol–water partition coefficient (Wildman–Crippen LogP) is 29.1. The van der Waals surface area contributed by atoms with Crippen molar-refractivity contribution < 1.29 is 159 Å². The maximum atomic E-state index is 13.3. The molecule has 0 atom stereocenters. The molecule has 0 aliphatic carbocycles. The molecule has 0 spiro atoms. The third kappa shape index (κ3) is 28.8. The summed E-state index contributed by atoms with van der Waals surface area (Å²) in [5.41, 5.74) is -7.74. The molecule has 39 heteroatoms. The first kappa shape index (κ1) is 112. The van der Waals surface area contributed by atoms with Gasteiger partial charge < -0.3 is 9.47 Å². The number of alkyl halides is 6. The number of hydrogen-bond acceptors (Lipinski definition) is 4. The van der Waals surface area contributed by atoms with E-state index in [2.05, 4.69) is 90.8 Å². The van der Waals surface area contributed by atoms with E-state index in [9.17, 15) is 149 Å². The molecule has 0 fully saturated rings. The van der Waals surface area contributed by atoms with Gasteiger partial charge >= 0.3 is 12.5 Å². The highest BCUT2D eigenvalue weighted by molar-refractivity contribution is 7.02. The average Bonchev–Trinajstić information content (AvgIpc) is 0.758. The molecule has 0 aliphatic rings. The van der Waals surface area contributed by atoms with Crippen LogP contribution in [0.15, 0.2) is 78.9 Å². The summed E-state index contributed by atoms with van der Waals surface area (Å²) in [7, 11) is 0.120. The van der Waals surface area contributed by atoms with Crippen molar-refractivity contribution in [2.24, 2.45) is 0 Å². The fourth-order valence-corrected chi connectivity index (χ4v) is 14.2. The number of halogens is 34. The molecular weight excluding hydrogens is 1750 g/mol. The maximum Gasteiger partial charge on any atom is 0.573 e. The van der Waals surface area contributed by atoms with Crippen molar-refractivity contribution in [3.05, 3.63) is 292 Å². The highest BCUT2D eigenvalue weighted by Crippen LogP contribution is 2.41. The lowest BCUT2D eigenvalue weighted by Crippen LogP contribution is -2.57. The smallest absolute Gasteiger partial charge is 0.399 e. The Morgan fingerprint density at radius 3 is 0.815 bits per heavy atom. The molecule has 0 unspecified atom stereocenters. The van der Waals surface area contributed by atoms with E-state index in [1.807, 2.05) is 13.8 Å². The zero-order valence-electron chi connectivity index (χ0n) is 69.3. The maximum absolute atomic E-state index is 13.3. The Labute approximate surface area is 692 Å². The topological polar surface area (TPSA) is 55.1 Å². The molecule has 0 saturated heterocycles. The number of nitrogens with zero attached hydrogens (tertiary/aromatic N) is 2. The van der Waals surface area contributed by atoms with E-state index in [0.717, 1.165) is 6.07 Å². The Morgan fingerprint density at radius 2 is 0.565 bits per heavy atom. The van der Waals surface area contributed by atoms with Gasteiger partial charge in [0.1, 0.15) is 42.7 Å². The minimum Gasteiger partial charge on any atom is -0.399 e. The third-order valence-corrected chi connectivity index (χ3v) is 22.7. The van der Waals surface area contributed by atoms with Crippen molar-refractivity contribution in [2.75, 3.05) is 7.11 Å². The van der Waals surface area contributed by atoms with Crippen LogP contribution >= 0.6 is 0 Å². The second-order valence-electron chi connectivity index (χ2n) is 29.1. The summed E-state index contributed by atoms with van der Waals surface area (Å²) in [6.07, 6.45) is -10.6. The molecule has 1 aromatic heterocycles. The van der Waals surface area contributed by atoms with Crippen molar-refractivity contribution in [2.45, 2.75) is 197 Å². The van der Waals surface area contributed by atoms with Crippen LogP contribution < -0.4 is 15.1 Å². The van der Waals surface area contributed by atoms with Crippen LogP contribution in [0.3, 0.4) is 0 Å². The Morgan fingerprint density at radius 1 is 0.315 bits per heavy atom. The van der Waals surface area contributed by atoms with Gasteiger partial charge in [0.25, 0.3) is 11.9 Å². The predicted molar refractivity (Wildman–Crippen MR) is 398 cm³/mol. The van der Waals surface area contributed by atoms with Crippen LogP contribution in [0.25, 0.3) is 0 Å². The first-order chi connectivity index (χ1) is 56.8. The number of rotatable bonds is 12. The number of hydrogen-bond donors (Lipinski definition) is 0. The van der Waals surface area contributed by atoms with E-state index in [1.165, 1.54) is 93.5 Å². The van der Waals surface area contributed by atoms with Crippen molar-refractivity contribution in [1.29, 1.82) is 5.26 Å². The summed E-state index contributed by atoms with van der Waals surface area (Å²) in [6.45, 7) is 30.6. The largest absolute Gasteiger partial charge is 0.573 e. The van der Waals surface area contributed by atoms with Gasteiger partial charge in [-0.3, -0.25) is 0 Å². The van der Waals surface area contributed by atoms with E-state index in [-0.39, 0.29) is 17.5 Å². The lowest BCUT2D eigenvalue weighted by atomic mass is 9.98. The lowest BCUT2D eigenvalue weighted by Gasteiger charge is -2.32. The zero-order valence-corrected chi connectivity index (χ0v) is 70.3. The van der Waals surface area contributed by atoms with Crippen LogP contribution in [0.1, 0.15) is 216 Å². The third-order valence-electron chi connectivity index (χ3n) is 17.3. The summed E-state index contributed by atoms with van der Waals surface area (Å²) in [6, 6.07) is 24.7. The van der Waals surface area contributed by atoms with Gasteiger partial charge in [0.15, 0.2) is 116 Å². The number of ether oxygens (including phenoxy) is 2. The molecule has 0 N–H and O–H groups in total. The molecule has 0 bridgehead atoms. The van der Waals surface area contributed by atoms with Crippen LogP contribution in [0.5, 0.6) is 5.75 Å². The van der Waals surface area contributed by atoms with Crippen molar-refractivity contribution in [3.63, 3.8) is 0 Å². The number of methoxy groups -OCH3 is 1. The Kier molecular flexibility index (Phi) is 43.3. The molecule has 9 aromatic rings. The Hall–Kier alpha value is -10.0. The zero-order chi connectivity index (χ0) is 96.8. The Bertz CT molecular complexity index is 4800. The second kappa shape index (κ2) is 47.9. The molecular formula is C85H82F34N2O2Si. The minimum absolute atomic E-state index is 0.0589. The van der Waals surface area contributed by atoms with Gasteiger partial charge in [0, 0.05) is 64.3 Å². The standard InChI is InChI=1S/C16H20Si.C10H7F7O.C10H7F7.C10H7F4N.C9H7F5.C9H8F4.C9H9F3.C8H7F4N.C4H10O/c1-14(2)17(3,15-10-6-4-7-11-15)16-12-8-5-9-13-16;1-3(2)4-5(11)7(13)9(8(14)6(4)12)18-10(15,16)17;1-3(2)4-6(11)8(13)5(10(15,16)17)9(14)7(4)12;1-4(2)6-9(13)7(11)5(3-15)8(12)10(6)14;1-3(2)4-5(10)7(12)9(14)8(13)6(4)11;1-4(2)7-8(12)5(10)3-6(11)9(7)13;1-5(2)9-7(11)3-6(10)4-8(9)12;1-3(2)4-5(9)7(11)13-8(12)6(4)10;1-4(2)5-3/h4-14H,1-3H3;3H,1-2H3;3H,1-2H3;4H,1-2H3;3H,1-2H3;3-4H,1-2H3;3-5H,1-2H3;3H,1-2H3;4H,1-3H3. The van der Waals surface area contributed by atoms with Gasteiger partial charge in [0.2, 0.25) is 23.2 Å². The van der Waals surface area contributed by atoms with Gasteiger partial charge in [-0.15, -0.1) is 13.2 Å². The number of nitriles is 1. The van der Waals surface area contributed by atoms with Gasteiger partial charge in [-0.1, -0.05) is 188 Å². The molecule has 9 rings (SSSR count). The summed E-state index contributed by atoms with van der Waals surface area (Å²) in [5, 5.41) is 11.4. The highest BCUT2D eigenvalue weighted by atomic mass is 28.3. The summed E-state index contributed by atoms with van der Waals surface area (Å²) in [5.74, 6) is -53.7. The van der Waals surface area contributed by atoms with E-state index >= 15 is 0 Å². The molecule has 0 radical (unpaired) electrons. The highest BCUT2D eigenvalue weighted by Gasteiger charge is 2.43. The normalized spacial score (nSPS) is 11.3. The molecule has 124 heavy (non-hydrogen) atoms. The minimum atomic E-state index is -5.49. The summed E-state index contributed by atoms with van der Waals surface area (Å²) < 4.78 is 441. The van der Waals surface area contributed by atoms with Crippen molar-refractivity contribution >= 4 is 18.4 Å². The molecule has 1 heterocycles. The molecule has 0 saturated carbocycles. The van der Waals surface area contributed by atoms with Crippen LogP contribution in [-0.4, -0.2) is 32.6 Å². The first-order valence-corrected chi connectivity index (χ1v) is 39.0. The van der Waals surface area contributed by atoms with Crippen molar-refractivity contribution in [3.8, 4) is 11.8 Å². The van der Waals surface area contributed by atoms with Gasteiger partial charge in [-0.2, -0.15) is 41.0 Å². The molecule has 0 aliphatic heterocycles. The van der Waals surface area contributed by atoms with Crippen LogP contribution in [-0.2, 0) is 10.9 Å². The molecule has 4 nitrogen and oxygen atoms in total. The molecule has 0 amide bonds. The van der Waals surface area contributed by atoms with E-state index in [1.54, 1.807) is 21.0 Å². The lowest BCUT2D eigenvalue weighted by molar-refractivity contribution is -0.276. The molecule has 8 aromatic carbocycles. The van der Waals surface area contributed by atoms with Crippen LogP contribution in [0, 0.1) is 174 Å². The van der Waals surface area contributed by atoms with E-state index in [4.69, 9.17) is 10.00 Å². The van der Waals surface area contributed by atoms with Crippen LogP contribution in [0.4, 0.5) is 149 Å². The SMILES string of the molecule is CC(C)[Si](C)(c1ccccc1)c1ccccc1.CC(C)c1c(F)c(F)c(C#N)c(F)c1F.CC(C)c1c(F)c(F)c(C(F)(F)F)c(F)c1F.CC(C)c1c(F)c(F)c(F)c(F)c1F.CC(C)c1c(F)c(F)c(OC(F)(F)F)c(F)c1F.CC(C)c1c(F)c(F)cc(F)c1F.CC(C)c1c(F)c(F)nc(F)c1F.CC(C)c1c(F)cc(F)cc1F.COC(C)C. The first-order valence-electron chi connectivity index (χ1n) is 36.4. The average molecular weight is 1840 g/mol. The van der Waals surface area contributed by atoms with E-state index in [0.29, 0.717) is 23.8 Å². The van der Waals surface area contributed by atoms with Crippen LogP contribution in [0.2, 0.25) is 12.1 Å². The number of pyridine rings is 1. The fraction of sp³-hybridized carbons (Fsp3) is 0.365. The van der Waals surface area contributed by atoms with Crippen molar-refractivity contribution in [1.82, 2.24) is 4.98 Å². The number of benzene rings is 8. The summed E-state index contributed by atoms with van der Waals surface area (Å²) in [4.78, 5) is 2.43. The monoisotopic (exact) mass is 1840 g/mol. The fourth-order valence-electron chi connectivity index (χ4n) is 10.7. The second-order valence-corrected chi connectivity index (χ2v) is 33.8. The van der Waals surface area contributed by atoms with Gasteiger partial charge in [-0.25, -0.2) is 105 Å². The summed E-state index contributed by atoms with van der Waals surface area (Å²) >= 11 is 0. The Balaban J connectivity index is 0.000000705. The quantitative estimate of drug-likeness (QED) is 0.0402. The van der Waals surface area contributed by atoms with E-state index < -0.39 is 270 Å². The van der Waals surface area contributed by atoms with Gasteiger partial charge in [-0.05, 0) is 60.8 Å². The van der Waals surface area contributed by atoms with Gasteiger partial charge in [0.05, 0.1) is 6.10 Å². The number of aromatic nitrogens is 1.